The van der Waals surface area contributed by atoms with Crippen molar-refractivity contribution in [3.05, 3.63) is 58.7 Å². The molecule has 0 bridgehead atoms. The Morgan fingerprint density at radius 2 is 1.74 bits per heavy atom. The lowest BCUT2D eigenvalue weighted by Gasteiger charge is -2.32. The minimum atomic E-state index is -0.580. The SMILES string of the molecule is COc1cc2c(cc1OC)CN(C(=O)N[C@H](CC(C)C)C(=O)N[C@@H]1CCCc3ccccc31)CC2. The van der Waals surface area contributed by atoms with Gasteiger partial charge in [-0.3, -0.25) is 4.79 Å². The van der Waals surface area contributed by atoms with Crippen LogP contribution in [0.4, 0.5) is 4.79 Å². The van der Waals surface area contributed by atoms with Gasteiger partial charge in [0.25, 0.3) is 0 Å². The second-order valence-electron chi connectivity index (χ2n) is 9.93. The zero-order valence-electron chi connectivity index (χ0n) is 21.2. The Labute approximate surface area is 208 Å². The number of urea groups is 1. The molecule has 2 aromatic carbocycles. The number of aryl methyl sites for hydroxylation is 1. The zero-order chi connectivity index (χ0) is 24.9. The van der Waals surface area contributed by atoms with E-state index in [-0.39, 0.29) is 23.9 Å². The van der Waals surface area contributed by atoms with Gasteiger partial charge in [0.05, 0.1) is 20.3 Å². The lowest BCUT2D eigenvalue weighted by atomic mass is 9.87. The third kappa shape index (κ3) is 5.72. The van der Waals surface area contributed by atoms with E-state index >= 15 is 0 Å². The summed E-state index contributed by atoms with van der Waals surface area (Å²) in [6, 6.07) is 11.4. The van der Waals surface area contributed by atoms with Crippen molar-refractivity contribution in [2.45, 2.75) is 64.6 Å². The van der Waals surface area contributed by atoms with Gasteiger partial charge in [0.2, 0.25) is 5.91 Å². The van der Waals surface area contributed by atoms with Crippen LogP contribution in [0.15, 0.2) is 36.4 Å². The molecule has 0 spiro atoms. The molecule has 0 radical (unpaired) electrons. The van der Waals surface area contributed by atoms with Crippen LogP contribution in [0, 0.1) is 5.92 Å². The van der Waals surface area contributed by atoms with Crippen molar-refractivity contribution in [2.75, 3.05) is 20.8 Å². The molecule has 0 aromatic heterocycles. The van der Waals surface area contributed by atoms with E-state index in [1.54, 1.807) is 19.1 Å². The Bertz CT molecular complexity index is 1070. The van der Waals surface area contributed by atoms with Crippen LogP contribution in [0.2, 0.25) is 0 Å². The molecule has 2 aliphatic rings. The van der Waals surface area contributed by atoms with Crippen molar-refractivity contribution < 1.29 is 19.1 Å². The molecular formula is C28H37N3O4. The largest absolute Gasteiger partial charge is 0.493 e. The predicted molar refractivity (Wildman–Crippen MR) is 136 cm³/mol. The quantitative estimate of drug-likeness (QED) is 0.618. The molecule has 2 aromatic rings. The summed E-state index contributed by atoms with van der Waals surface area (Å²) in [5.41, 5.74) is 4.68. The normalized spacial score (nSPS) is 17.7. The molecular weight excluding hydrogens is 442 g/mol. The van der Waals surface area contributed by atoms with E-state index in [1.807, 2.05) is 24.3 Å². The van der Waals surface area contributed by atoms with Crippen LogP contribution in [0.25, 0.3) is 0 Å². The third-order valence-electron chi connectivity index (χ3n) is 7.01. The Balaban J connectivity index is 1.44. The molecule has 0 saturated carbocycles. The molecule has 2 N–H and O–H groups in total. The molecule has 3 amide bonds. The van der Waals surface area contributed by atoms with Gasteiger partial charge in [-0.1, -0.05) is 38.1 Å². The van der Waals surface area contributed by atoms with Gasteiger partial charge in [0.15, 0.2) is 11.5 Å². The summed E-state index contributed by atoms with van der Waals surface area (Å²) in [5, 5.41) is 6.26. The number of ether oxygens (including phenoxy) is 2. The predicted octanol–water partition coefficient (Wildman–Crippen LogP) is 4.38. The van der Waals surface area contributed by atoms with E-state index in [1.165, 1.54) is 11.1 Å². The van der Waals surface area contributed by atoms with Crippen LogP contribution in [0.1, 0.15) is 61.4 Å². The maximum Gasteiger partial charge on any atom is 0.318 e. The van der Waals surface area contributed by atoms with E-state index in [9.17, 15) is 9.59 Å². The summed E-state index contributed by atoms with van der Waals surface area (Å²) < 4.78 is 10.9. The molecule has 35 heavy (non-hydrogen) atoms. The Hall–Kier alpha value is -3.22. The minimum Gasteiger partial charge on any atom is -0.493 e. The molecule has 1 aliphatic heterocycles. The standard InChI is InChI=1S/C28H37N3O4/c1-18(2)14-24(27(32)29-23-11-7-9-19-8-5-6-10-22(19)23)30-28(33)31-13-12-20-15-25(34-3)26(35-4)16-21(20)17-31/h5-6,8,10,15-16,18,23-24H,7,9,11-14,17H2,1-4H3,(H,29,32)(H,30,33)/t23-,24-/m1/s1. The number of carbonyl (C=O) groups is 2. The third-order valence-corrected chi connectivity index (χ3v) is 7.01. The van der Waals surface area contributed by atoms with Crippen LogP contribution >= 0.6 is 0 Å². The molecule has 1 aliphatic carbocycles. The molecule has 2 atom stereocenters. The Morgan fingerprint density at radius 1 is 1.03 bits per heavy atom. The average Bonchev–Trinajstić information content (AvgIpc) is 2.86. The van der Waals surface area contributed by atoms with Gasteiger partial charge in [-0.2, -0.15) is 0 Å². The highest BCUT2D eigenvalue weighted by Gasteiger charge is 2.30. The van der Waals surface area contributed by atoms with Gasteiger partial charge in [0.1, 0.15) is 6.04 Å². The van der Waals surface area contributed by atoms with Crippen LogP contribution in [0.3, 0.4) is 0 Å². The number of fused-ring (bicyclic) bond motifs is 2. The molecule has 188 valence electrons. The van der Waals surface area contributed by atoms with Crippen molar-refractivity contribution >= 4 is 11.9 Å². The second kappa shape index (κ2) is 11.0. The smallest absolute Gasteiger partial charge is 0.318 e. The monoisotopic (exact) mass is 479 g/mol. The van der Waals surface area contributed by atoms with Gasteiger partial charge < -0.3 is 25.0 Å². The highest BCUT2D eigenvalue weighted by Crippen LogP contribution is 2.33. The number of nitrogens with zero attached hydrogens (tertiary/aromatic N) is 1. The van der Waals surface area contributed by atoms with Gasteiger partial charge in [-0.05, 0) is 72.4 Å². The highest BCUT2D eigenvalue weighted by atomic mass is 16.5. The van der Waals surface area contributed by atoms with Crippen LogP contribution in [-0.2, 0) is 24.2 Å². The minimum absolute atomic E-state index is 0.0108. The topological polar surface area (TPSA) is 79.9 Å². The first-order chi connectivity index (χ1) is 16.9. The fraction of sp³-hybridized carbons (Fsp3) is 0.500. The number of benzene rings is 2. The van der Waals surface area contributed by atoms with E-state index in [0.29, 0.717) is 31.0 Å². The Kier molecular flexibility index (Phi) is 7.83. The maximum atomic E-state index is 13.4. The molecule has 0 fully saturated rings. The van der Waals surface area contributed by atoms with Crippen LogP contribution < -0.4 is 20.1 Å². The van der Waals surface area contributed by atoms with Crippen molar-refractivity contribution in [3.8, 4) is 11.5 Å². The molecule has 7 heteroatoms. The fourth-order valence-electron chi connectivity index (χ4n) is 5.18. The summed E-state index contributed by atoms with van der Waals surface area (Å²) in [6.45, 7) is 5.19. The van der Waals surface area contributed by atoms with E-state index < -0.39 is 6.04 Å². The van der Waals surface area contributed by atoms with Gasteiger partial charge in [0, 0.05) is 13.1 Å². The van der Waals surface area contributed by atoms with E-state index in [4.69, 9.17) is 9.47 Å². The molecule has 4 rings (SSSR count). The maximum absolute atomic E-state index is 13.4. The number of nitrogens with one attached hydrogen (secondary N) is 2. The van der Waals surface area contributed by atoms with Crippen LogP contribution in [0.5, 0.6) is 11.5 Å². The van der Waals surface area contributed by atoms with Crippen molar-refractivity contribution in [2.24, 2.45) is 5.92 Å². The number of rotatable bonds is 7. The Morgan fingerprint density at radius 3 is 2.46 bits per heavy atom. The summed E-state index contributed by atoms with van der Waals surface area (Å²) in [7, 11) is 3.23. The number of hydrogen-bond donors (Lipinski definition) is 2. The summed E-state index contributed by atoms with van der Waals surface area (Å²) >= 11 is 0. The first-order valence-corrected chi connectivity index (χ1v) is 12.6. The zero-order valence-corrected chi connectivity index (χ0v) is 21.2. The van der Waals surface area contributed by atoms with E-state index in [2.05, 4.69) is 36.6 Å². The van der Waals surface area contributed by atoms with Gasteiger partial charge in [-0.25, -0.2) is 4.79 Å². The summed E-state index contributed by atoms with van der Waals surface area (Å²) in [6.07, 6.45) is 4.32. The summed E-state index contributed by atoms with van der Waals surface area (Å²) in [5.74, 6) is 1.50. The second-order valence-corrected chi connectivity index (χ2v) is 9.93. The van der Waals surface area contributed by atoms with Crippen molar-refractivity contribution in [1.82, 2.24) is 15.5 Å². The number of amides is 3. The van der Waals surface area contributed by atoms with Gasteiger partial charge in [-0.15, -0.1) is 0 Å². The molecule has 1 heterocycles. The summed E-state index contributed by atoms with van der Waals surface area (Å²) in [4.78, 5) is 28.4. The van der Waals surface area contributed by atoms with Gasteiger partial charge >= 0.3 is 6.03 Å². The lowest BCUT2D eigenvalue weighted by Crippen LogP contribution is -2.53. The lowest BCUT2D eigenvalue weighted by molar-refractivity contribution is -0.124. The number of methoxy groups -OCH3 is 2. The first-order valence-electron chi connectivity index (χ1n) is 12.6. The van der Waals surface area contributed by atoms with Crippen LogP contribution in [-0.4, -0.2) is 43.6 Å². The van der Waals surface area contributed by atoms with E-state index in [0.717, 1.165) is 36.8 Å². The molecule has 7 nitrogen and oxygen atoms in total. The average molecular weight is 480 g/mol. The van der Waals surface area contributed by atoms with Crippen molar-refractivity contribution in [1.29, 1.82) is 0 Å². The first kappa shape index (κ1) is 24.9. The molecule has 0 saturated heterocycles. The number of hydrogen-bond acceptors (Lipinski definition) is 4. The number of carbonyl (C=O) groups excluding carboxylic acids is 2. The molecule has 0 unspecified atom stereocenters. The fourth-order valence-corrected chi connectivity index (χ4v) is 5.18. The van der Waals surface area contributed by atoms with Crippen molar-refractivity contribution in [3.63, 3.8) is 0 Å². The highest BCUT2D eigenvalue weighted by molar-refractivity contribution is 5.87.